The first-order chi connectivity index (χ1) is 15.2. The van der Waals surface area contributed by atoms with Crippen LogP contribution in [0.3, 0.4) is 0 Å². The van der Waals surface area contributed by atoms with Gasteiger partial charge < -0.3 is 20.7 Å². The van der Waals surface area contributed by atoms with Crippen molar-refractivity contribution in [2.45, 2.75) is 45.3 Å². The molecule has 1 saturated heterocycles. The molecule has 0 saturated carbocycles. The first kappa shape index (κ1) is 26.1. The average molecular weight is 550 g/mol. The Morgan fingerprint density at radius 3 is 2.62 bits per heavy atom. The van der Waals surface area contributed by atoms with Crippen molar-refractivity contribution >= 4 is 35.8 Å². The van der Waals surface area contributed by atoms with Gasteiger partial charge in [0.2, 0.25) is 0 Å². The number of carbonyl (C=O) groups is 1. The molecule has 1 unspecified atom stereocenters. The average Bonchev–Trinajstić information content (AvgIpc) is 3.33. The van der Waals surface area contributed by atoms with Crippen LogP contribution in [0, 0.1) is 0 Å². The minimum absolute atomic E-state index is 0. The number of aliphatic imine (C=N–C) groups is 1. The molecule has 0 radical (unpaired) electrons. The van der Waals surface area contributed by atoms with Gasteiger partial charge in [-0.15, -0.1) is 24.0 Å². The molecule has 32 heavy (non-hydrogen) atoms. The van der Waals surface area contributed by atoms with Gasteiger partial charge in [0, 0.05) is 31.8 Å². The van der Waals surface area contributed by atoms with Crippen LogP contribution < -0.4 is 16.0 Å². The van der Waals surface area contributed by atoms with E-state index in [-0.39, 0.29) is 36.0 Å². The molecule has 0 bridgehead atoms. The summed E-state index contributed by atoms with van der Waals surface area (Å²) < 4.78 is 5.57. The first-order valence-corrected chi connectivity index (χ1v) is 11.3. The lowest BCUT2D eigenvalue weighted by Gasteiger charge is -2.12. The fraction of sp³-hybridized carbons (Fsp3) is 0.440. The molecule has 1 fully saturated rings. The number of benzene rings is 2. The molecule has 1 aliphatic heterocycles. The Hall–Kier alpha value is -2.13. The summed E-state index contributed by atoms with van der Waals surface area (Å²) >= 11 is 0. The van der Waals surface area contributed by atoms with Crippen LogP contribution in [0.5, 0.6) is 0 Å². The Morgan fingerprint density at radius 2 is 1.88 bits per heavy atom. The second-order valence-electron chi connectivity index (χ2n) is 7.76. The molecule has 1 atom stereocenters. The molecule has 3 N–H and O–H groups in total. The van der Waals surface area contributed by atoms with Crippen molar-refractivity contribution in [3.8, 4) is 0 Å². The van der Waals surface area contributed by atoms with E-state index < -0.39 is 0 Å². The zero-order valence-electron chi connectivity index (χ0n) is 18.8. The van der Waals surface area contributed by atoms with Crippen LogP contribution in [-0.2, 0) is 17.7 Å². The normalized spacial score (nSPS) is 15.7. The van der Waals surface area contributed by atoms with Gasteiger partial charge >= 0.3 is 0 Å². The van der Waals surface area contributed by atoms with Gasteiger partial charge in [0.05, 0.1) is 12.6 Å². The third kappa shape index (κ3) is 9.16. The van der Waals surface area contributed by atoms with Crippen molar-refractivity contribution in [2.75, 3.05) is 26.2 Å². The highest BCUT2D eigenvalue weighted by atomic mass is 127. The number of hydrogen-bond donors (Lipinski definition) is 3. The van der Waals surface area contributed by atoms with E-state index in [0.717, 1.165) is 56.9 Å². The molecular formula is C25H35IN4O2. The summed E-state index contributed by atoms with van der Waals surface area (Å²) in [7, 11) is 0. The lowest BCUT2D eigenvalue weighted by Crippen LogP contribution is -2.37. The number of halogens is 1. The number of rotatable bonds is 10. The summed E-state index contributed by atoms with van der Waals surface area (Å²) in [5.41, 5.74) is 3.01. The number of nitrogens with zero attached hydrogens (tertiary/aromatic N) is 1. The van der Waals surface area contributed by atoms with Gasteiger partial charge in [-0.25, -0.2) is 4.99 Å². The topological polar surface area (TPSA) is 74.8 Å². The Labute approximate surface area is 208 Å². The molecule has 1 aliphatic rings. The van der Waals surface area contributed by atoms with Crippen LogP contribution >= 0.6 is 24.0 Å². The molecule has 6 nitrogen and oxygen atoms in total. The van der Waals surface area contributed by atoms with Crippen molar-refractivity contribution in [2.24, 2.45) is 4.99 Å². The number of nitrogens with one attached hydrogen (secondary N) is 3. The van der Waals surface area contributed by atoms with Gasteiger partial charge in [-0.3, -0.25) is 4.79 Å². The number of ether oxygens (including phenoxy) is 1. The fourth-order valence-corrected chi connectivity index (χ4v) is 3.58. The van der Waals surface area contributed by atoms with Crippen LogP contribution in [0.2, 0.25) is 0 Å². The fourth-order valence-electron chi connectivity index (χ4n) is 3.58. The second-order valence-corrected chi connectivity index (χ2v) is 7.76. The van der Waals surface area contributed by atoms with Crippen LogP contribution in [-0.4, -0.2) is 44.2 Å². The Balaban J connectivity index is 0.00000363. The van der Waals surface area contributed by atoms with Crippen LogP contribution in [0.25, 0.3) is 0 Å². The summed E-state index contributed by atoms with van der Waals surface area (Å²) in [4.78, 5) is 17.1. The molecule has 1 amide bonds. The summed E-state index contributed by atoms with van der Waals surface area (Å²) in [6, 6.07) is 18.2. The molecule has 0 aromatic heterocycles. The minimum atomic E-state index is -0.0627. The third-order valence-corrected chi connectivity index (χ3v) is 5.24. The van der Waals surface area contributed by atoms with Gasteiger partial charge in [0.25, 0.3) is 5.91 Å². The third-order valence-electron chi connectivity index (χ3n) is 5.24. The minimum Gasteiger partial charge on any atom is -0.376 e. The SMILES string of the molecule is CCNC(=NCc1cccc(C(=O)NCC2CCCO2)c1)NCCCc1ccccc1.I. The predicted molar refractivity (Wildman–Crippen MR) is 141 cm³/mol. The van der Waals surface area contributed by atoms with Crippen molar-refractivity contribution < 1.29 is 9.53 Å². The maximum atomic E-state index is 12.5. The van der Waals surface area contributed by atoms with Gasteiger partial charge in [0.1, 0.15) is 0 Å². The van der Waals surface area contributed by atoms with Crippen LogP contribution in [0.15, 0.2) is 59.6 Å². The van der Waals surface area contributed by atoms with Gasteiger partial charge in [-0.2, -0.15) is 0 Å². The predicted octanol–water partition coefficient (Wildman–Crippen LogP) is 3.90. The summed E-state index contributed by atoms with van der Waals surface area (Å²) in [5, 5.41) is 9.66. The van der Waals surface area contributed by atoms with Gasteiger partial charge in [0.15, 0.2) is 5.96 Å². The molecule has 2 aromatic rings. The van der Waals surface area contributed by atoms with Gasteiger partial charge in [-0.05, 0) is 55.9 Å². The first-order valence-electron chi connectivity index (χ1n) is 11.3. The van der Waals surface area contributed by atoms with E-state index in [1.807, 2.05) is 30.3 Å². The van der Waals surface area contributed by atoms with Gasteiger partial charge in [-0.1, -0.05) is 42.5 Å². The van der Waals surface area contributed by atoms with Crippen molar-refractivity contribution in [3.63, 3.8) is 0 Å². The van der Waals surface area contributed by atoms with E-state index >= 15 is 0 Å². The van der Waals surface area contributed by atoms with E-state index in [9.17, 15) is 4.79 Å². The van der Waals surface area contributed by atoms with Crippen molar-refractivity contribution in [1.82, 2.24) is 16.0 Å². The summed E-state index contributed by atoms with van der Waals surface area (Å²) in [6.45, 7) is 5.59. The Kier molecular flexibility index (Phi) is 12.1. The maximum absolute atomic E-state index is 12.5. The van der Waals surface area contributed by atoms with E-state index in [1.54, 1.807) is 0 Å². The molecule has 174 valence electrons. The molecule has 2 aromatic carbocycles. The summed E-state index contributed by atoms with van der Waals surface area (Å²) in [5.74, 6) is 0.732. The second kappa shape index (κ2) is 14.8. The number of amides is 1. The van der Waals surface area contributed by atoms with Crippen molar-refractivity contribution in [3.05, 3.63) is 71.3 Å². The number of carbonyl (C=O) groups excluding carboxylic acids is 1. The zero-order valence-corrected chi connectivity index (χ0v) is 21.1. The molecule has 3 rings (SSSR count). The smallest absolute Gasteiger partial charge is 0.251 e. The zero-order chi connectivity index (χ0) is 21.7. The Bertz CT molecular complexity index is 839. The number of hydrogen-bond acceptors (Lipinski definition) is 3. The molecule has 1 heterocycles. The van der Waals surface area contributed by atoms with Crippen molar-refractivity contribution in [1.29, 1.82) is 0 Å². The van der Waals surface area contributed by atoms with E-state index in [0.29, 0.717) is 18.7 Å². The quantitative estimate of drug-likeness (QED) is 0.182. The number of guanidine groups is 1. The van der Waals surface area contributed by atoms with E-state index in [4.69, 9.17) is 4.74 Å². The standard InChI is InChI=1S/C25H34N4O2.HI/c1-2-26-25(27-15-7-12-20-9-4-3-5-10-20)29-18-21-11-6-13-22(17-21)24(30)28-19-23-14-8-16-31-23;/h3-6,9-11,13,17,23H,2,7-8,12,14-16,18-19H2,1H3,(H,28,30)(H2,26,27,29);1H. The lowest BCUT2D eigenvalue weighted by molar-refractivity contribution is 0.0857. The molecule has 7 heteroatoms. The van der Waals surface area contributed by atoms with E-state index in [2.05, 4.69) is 52.1 Å². The highest BCUT2D eigenvalue weighted by Crippen LogP contribution is 2.11. The monoisotopic (exact) mass is 550 g/mol. The highest BCUT2D eigenvalue weighted by molar-refractivity contribution is 14.0. The largest absolute Gasteiger partial charge is 0.376 e. The number of aryl methyl sites for hydroxylation is 1. The highest BCUT2D eigenvalue weighted by Gasteiger charge is 2.16. The molecule has 0 spiro atoms. The molecule has 0 aliphatic carbocycles. The summed E-state index contributed by atoms with van der Waals surface area (Å²) in [6.07, 6.45) is 4.31. The van der Waals surface area contributed by atoms with Crippen LogP contribution in [0.4, 0.5) is 0 Å². The van der Waals surface area contributed by atoms with E-state index in [1.165, 1.54) is 5.56 Å². The molecular weight excluding hydrogens is 515 g/mol. The maximum Gasteiger partial charge on any atom is 0.251 e. The Morgan fingerprint density at radius 1 is 1.06 bits per heavy atom. The van der Waals surface area contributed by atoms with Crippen LogP contribution in [0.1, 0.15) is 47.7 Å². The lowest BCUT2D eigenvalue weighted by atomic mass is 10.1.